The van der Waals surface area contributed by atoms with Crippen molar-refractivity contribution in [1.82, 2.24) is 10.2 Å². The minimum atomic E-state index is 0.553. The van der Waals surface area contributed by atoms with Crippen molar-refractivity contribution in [1.29, 1.82) is 0 Å². The maximum absolute atomic E-state index is 5.52. The molecular formula is C12H22N2O. The molecular weight excluding hydrogens is 188 g/mol. The van der Waals surface area contributed by atoms with Gasteiger partial charge in [-0.15, -0.1) is 0 Å². The van der Waals surface area contributed by atoms with Crippen LogP contribution in [0, 0.1) is 5.92 Å². The molecule has 0 spiro atoms. The summed E-state index contributed by atoms with van der Waals surface area (Å²) in [5.74, 6) is 0.668. The Balaban J connectivity index is 1.81. The Hall–Kier alpha value is -0.380. The molecule has 2 aliphatic heterocycles. The van der Waals surface area contributed by atoms with Crippen LogP contribution >= 0.6 is 0 Å². The lowest BCUT2D eigenvalue weighted by Crippen LogP contribution is -2.41. The second-order valence-corrected chi connectivity index (χ2v) is 4.75. The molecule has 3 heteroatoms. The van der Waals surface area contributed by atoms with E-state index in [0.29, 0.717) is 12.0 Å². The molecule has 3 nitrogen and oxygen atoms in total. The van der Waals surface area contributed by atoms with Crippen LogP contribution in [0.1, 0.15) is 13.3 Å². The van der Waals surface area contributed by atoms with Crippen LogP contribution < -0.4 is 5.32 Å². The summed E-state index contributed by atoms with van der Waals surface area (Å²) in [4.78, 5) is 2.54. The third-order valence-corrected chi connectivity index (χ3v) is 3.58. The Kier molecular flexibility index (Phi) is 3.78. The Bertz CT molecular complexity index is 240. The Labute approximate surface area is 92.5 Å². The van der Waals surface area contributed by atoms with Crippen molar-refractivity contribution in [2.45, 2.75) is 19.4 Å². The molecule has 0 amide bonds. The molecule has 2 aliphatic rings. The zero-order chi connectivity index (χ0) is 10.7. The molecule has 2 heterocycles. The molecule has 0 aromatic heterocycles. The highest BCUT2D eigenvalue weighted by atomic mass is 16.5. The van der Waals surface area contributed by atoms with Crippen LogP contribution in [0.4, 0.5) is 0 Å². The zero-order valence-electron chi connectivity index (χ0n) is 9.83. The van der Waals surface area contributed by atoms with E-state index >= 15 is 0 Å². The van der Waals surface area contributed by atoms with E-state index in [4.69, 9.17) is 4.74 Å². The number of likely N-dealkylation sites (N-methyl/N-ethyl adjacent to an activating group) is 1. The fraction of sp³-hybridized carbons (Fsp3) is 0.833. The molecule has 15 heavy (non-hydrogen) atoms. The van der Waals surface area contributed by atoms with Gasteiger partial charge in [0.2, 0.25) is 0 Å². The largest absolute Gasteiger partial charge is 0.379 e. The Morgan fingerprint density at radius 3 is 3.07 bits per heavy atom. The Morgan fingerprint density at radius 2 is 2.40 bits per heavy atom. The van der Waals surface area contributed by atoms with Crippen LogP contribution in [0.5, 0.6) is 0 Å². The predicted octanol–water partition coefficient (Wildman–Crippen LogP) is 0.873. The molecule has 0 radical (unpaired) electrons. The van der Waals surface area contributed by atoms with Crippen LogP contribution in [0.3, 0.4) is 0 Å². The molecule has 1 N–H and O–H groups in total. The van der Waals surface area contributed by atoms with Gasteiger partial charge in [-0.25, -0.2) is 0 Å². The second-order valence-electron chi connectivity index (χ2n) is 4.75. The molecule has 2 atom stereocenters. The van der Waals surface area contributed by atoms with Gasteiger partial charge in [-0.3, -0.25) is 4.90 Å². The molecule has 2 unspecified atom stereocenters. The van der Waals surface area contributed by atoms with Gasteiger partial charge >= 0.3 is 0 Å². The fourth-order valence-corrected chi connectivity index (χ4v) is 2.41. The van der Waals surface area contributed by atoms with E-state index in [1.165, 1.54) is 19.5 Å². The SMILES string of the molecule is CNC1COCC1CN1CC=C(C)CC1. The van der Waals surface area contributed by atoms with E-state index in [1.807, 2.05) is 7.05 Å². The van der Waals surface area contributed by atoms with Gasteiger partial charge in [0.05, 0.1) is 13.2 Å². The summed E-state index contributed by atoms with van der Waals surface area (Å²) >= 11 is 0. The van der Waals surface area contributed by atoms with Crippen molar-refractivity contribution < 1.29 is 4.74 Å². The summed E-state index contributed by atoms with van der Waals surface area (Å²) in [5.41, 5.74) is 1.54. The minimum Gasteiger partial charge on any atom is -0.379 e. The average molecular weight is 210 g/mol. The number of rotatable bonds is 3. The zero-order valence-corrected chi connectivity index (χ0v) is 9.83. The van der Waals surface area contributed by atoms with Gasteiger partial charge in [0.15, 0.2) is 0 Å². The summed E-state index contributed by atoms with van der Waals surface area (Å²) < 4.78 is 5.52. The molecule has 0 bridgehead atoms. The van der Waals surface area contributed by atoms with Gasteiger partial charge < -0.3 is 10.1 Å². The van der Waals surface area contributed by atoms with Crippen molar-refractivity contribution in [3.05, 3.63) is 11.6 Å². The summed E-state index contributed by atoms with van der Waals surface area (Å²) in [6, 6.07) is 0.553. The van der Waals surface area contributed by atoms with Crippen molar-refractivity contribution in [3.63, 3.8) is 0 Å². The lowest BCUT2D eigenvalue weighted by atomic mass is 10.0. The van der Waals surface area contributed by atoms with E-state index in [1.54, 1.807) is 5.57 Å². The van der Waals surface area contributed by atoms with Crippen molar-refractivity contribution >= 4 is 0 Å². The van der Waals surface area contributed by atoms with Crippen molar-refractivity contribution in [2.24, 2.45) is 5.92 Å². The monoisotopic (exact) mass is 210 g/mol. The maximum atomic E-state index is 5.52. The molecule has 0 aromatic rings. The first-order chi connectivity index (χ1) is 7.29. The summed E-state index contributed by atoms with van der Waals surface area (Å²) in [6.07, 6.45) is 3.59. The smallest absolute Gasteiger partial charge is 0.0623 e. The summed E-state index contributed by atoms with van der Waals surface area (Å²) in [6.45, 7) is 7.55. The first-order valence-corrected chi connectivity index (χ1v) is 5.92. The molecule has 2 rings (SSSR count). The average Bonchev–Trinajstić information content (AvgIpc) is 2.69. The van der Waals surface area contributed by atoms with Crippen LogP contribution in [-0.2, 0) is 4.74 Å². The maximum Gasteiger partial charge on any atom is 0.0623 e. The molecule has 0 aliphatic carbocycles. The van der Waals surface area contributed by atoms with Crippen molar-refractivity contribution in [3.8, 4) is 0 Å². The van der Waals surface area contributed by atoms with E-state index in [0.717, 1.165) is 19.8 Å². The lowest BCUT2D eigenvalue weighted by molar-refractivity contribution is 0.169. The predicted molar refractivity (Wildman–Crippen MR) is 62.0 cm³/mol. The highest BCUT2D eigenvalue weighted by Gasteiger charge is 2.28. The van der Waals surface area contributed by atoms with E-state index in [2.05, 4.69) is 23.2 Å². The topological polar surface area (TPSA) is 24.5 Å². The number of nitrogens with zero attached hydrogens (tertiary/aromatic N) is 1. The van der Waals surface area contributed by atoms with Gasteiger partial charge in [0.25, 0.3) is 0 Å². The molecule has 86 valence electrons. The first-order valence-electron chi connectivity index (χ1n) is 5.92. The summed E-state index contributed by atoms with van der Waals surface area (Å²) in [5, 5.41) is 3.35. The third kappa shape index (κ3) is 2.80. The van der Waals surface area contributed by atoms with Crippen LogP contribution in [0.15, 0.2) is 11.6 Å². The Morgan fingerprint density at radius 1 is 1.53 bits per heavy atom. The standard InChI is InChI=1S/C12H22N2O/c1-10-3-5-14(6-4-10)7-11-8-15-9-12(11)13-2/h3,11-13H,4-9H2,1-2H3. The number of nitrogens with one attached hydrogen (secondary N) is 1. The van der Waals surface area contributed by atoms with Gasteiger partial charge in [0, 0.05) is 31.6 Å². The minimum absolute atomic E-state index is 0.553. The van der Waals surface area contributed by atoms with Crippen molar-refractivity contribution in [2.75, 3.05) is 39.9 Å². The molecule has 1 fully saturated rings. The van der Waals surface area contributed by atoms with Gasteiger partial charge in [-0.2, -0.15) is 0 Å². The van der Waals surface area contributed by atoms with Gasteiger partial charge in [-0.05, 0) is 20.4 Å². The van der Waals surface area contributed by atoms with Gasteiger partial charge in [0.1, 0.15) is 0 Å². The summed E-state index contributed by atoms with van der Waals surface area (Å²) in [7, 11) is 2.03. The van der Waals surface area contributed by atoms with Gasteiger partial charge in [-0.1, -0.05) is 11.6 Å². The normalized spacial score (nSPS) is 33.1. The van der Waals surface area contributed by atoms with Crippen LogP contribution in [0.2, 0.25) is 0 Å². The van der Waals surface area contributed by atoms with E-state index in [-0.39, 0.29) is 0 Å². The molecule has 1 saturated heterocycles. The highest BCUT2D eigenvalue weighted by Crippen LogP contribution is 2.17. The number of hydrogen-bond donors (Lipinski definition) is 1. The quantitative estimate of drug-likeness (QED) is 0.700. The number of hydrogen-bond acceptors (Lipinski definition) is 3. The third-order valence-electron chi connectivity index (χ3n) is 3.58. The first kappa shape index (κ1) is 11.1. The fourth-order valence-electron chi connectivity index (χ4n) is 2.41. The van der Waals surface area contributed by atoms with Crippen LogP contribution in [-0.4, -0.2) is 50.8 Å². The molecule has 0 saturated carbocycles. The molecule has 0 aromatic carbocycles. The highest BCUT2D eigenvalue weighted by molar-refractivity contribution is 5.04. The van der Waals surface area contributed by atoms with E-state index < -0.39 is 0 Å². The van der Waals surface area contributed by atoms with E-state index in [9.17, 15) is 0 Å². The van der Waals surface area contributed by atoms with Crippen LogP contribution in [0.25, 0.3) is 0 Å². The number of ether oxygens (including phenoxy) is 1. The lowest BCUT2D eigenvalue weighted by Gasteiger charge is -2.29. The second kappa shape index (κ2) is 5.10.